The third-order valence-electron chi connectivity index (χ3n) is 4.77. The topological polar surface area (TPSA) is 71.5 Å². The summed E-state index contributed by atoms with van der Waals surface area (Å²) in [6.07, 6.45) is 1.86. The van der Waals surface area contributed by atoms with Gasteiger partial charge >= 0.3 is 0 Å². The Morgan fingerprint density at radius 1 is 1.07 bits per heavy atom. The van der Waals surface area contributed by atoms with Crippen LogP contribution in [-0.4, -0.2) is 37.4 Å². The van der Waals surface area contributed by atoms with E-state index in [4.69, 9.17) is 4.74 Å². The van der Waals surface area contributed by atoms with E-state index in [0.29, 0.717) is 24.6 Å². The summed E-state index contributed by atoms with van der Waals surface area (Å²) in [4.78, 5) is 4.96. The summed E-state index contributed by atoms with van der Waals surface area (Å²) in [5, 5.41) is 6.02. The van der Waals surface area contributed by atoms with Crippen molar-refractivity contribution in [3.8, 4) is 17.0 Å². The highest BCUT2D eigenvalue weighted by atomic mass is 32.2. The molecular weight excluding hydrogens is 406 g/mol. The van der Waals surface area contributed by atoms with Crippen molar-refractivity contribution in [1.29, 1.82) is 0 Å². The number of aromatic nitrogens is 1. The van der Waals surface area contributed by atoms with E-state index in [-0.39, 0.29) is 0 Å². The Hall–Kier alpha value is -2.42. The summed E-state index contributed by atoms with van der Waals surface area (Å²) in [7, 11) is -3.39. The highest BCUT2D eigenvalue weighted by Gasteiger charge is 2.27. The van der Waals surface area contributed by atoms with E-state index >= 15 is 0 Å². The van der Waals surface area contributed by atoms with Gasteiger partial charge in [0, 0.05) is 29.7 Å². The number of thiazole rings is 1. The molecule has 0 bridgehead atoms. The molecule has 1 aromatic heterocycles. The van der Waals surface area contributed by atoms with Crippen molar-refractivity contribution < 1.29 is 13.2 Å². The molecule has 8 heteroatoms. The molecule has 4 rings (SSSR count). The average Bonchev–Trinajstić information content (AvgIpc) is 3.42. The molecule has 0 aliphatic carbocycles. The van der Waals surface area contributed by atoms with Crippen LogP contribution in [0.2, 0.25) is 0 Å². The fourth-order valence-electron chi connectivity index (χ4n) is 3.26. The van der Waals surface area contributed by atoms with Crippen LogP contribution in [0.3, 0.4) is 0 Å². The summed E-state index contributed by atoms with van der Waals surface area (Å²) in [6.45, 7) is 3.81. The number of anilines is 2. The predicted molar refractivity (Wildman–Crippen MR) is 116 cm³/mol. The molecule has 1 fully saturated rings. The molecule has 29 heavy (non-hydrogen) atoms. The summed E-state index contributed by atoms with van der Waals surface area (Å²) in [6, 6.07) is 14.7. The quantitative estimate of drug-likeness (QED) is 0.587. The van der Waals surface area contributed by atoms with E-state index in [2.05, 4.69) is 10.3 Å². The smallest absolute Gasteiger partial charge is 0.243 e. The third kappa shape index (κ3) is 4.44. The minimum Gasteiger partial charge on any atom is -0.494 e. The van der Waals surface area contributed by atoms with Crippen LogP contribution in [0.25, 0.3) is 11.3 Å². The number of sulfonamides is 1. The van der Waals surface area contributed by atoms with Gasteiger partial charge in [-0.2, -0.15) is 4.31 Å². The van der Waals surface area contributed by atoms with E-state index in [1.54, 1.807) is 16.4 Å². The first kappa shape index (κ1) is 19.9. The standard InChI is InChI=1S/C21H23N3O3S2/c1-2-27-18-9-7-17(8-10-18)22-21-23-20(15-28-21)16-5-11-19(12-6-16)29(25,26)24-13-3-4-14-24/h5-12,15H,2-4,13-14H2,1H3,(H,22,23). The van der Waals surface area contributed by atoms with Crippen LogP contribution in [0.5, 0.6) is 5.75 Å². The lowest BCUT2D eigenvalue weighted by atomic mass is 10.2. The van der Waals surface area contributed by atoms with E-state index in [0.717, 1.165) is 40.7 Å². The zero-order chi connectivity index (χ0) is 20.3. The number of ether oxygens (including phenoxy) is 1. The molecule has 0 atom stereocenters. The van der Waals surface area contributed by atoms with Crippen molar-refractivity contribution in [2.75, 3.05) is 25.0 Å². The minimum absolute atomic E-state index is 0.339. The van der Waals surface area contributed by atoms with Crippen LogP contribution in [-0.2, 0) is 10.0 Å². The van der Waals surface area contributed by atoms with Gasteiger partial charge in [-0.15, -0.1) is 11.3 Å². The van der Waals surface area contributed by atoms with Gasteiger partial charge in [0.25, 0.3) is 0 Å². The Labute approximate surface area is 175 Å². The largest absolute Gasteiger partial charge is 0.494 e. The Morgan fingerprint density at radius 3 is 2.41 bits per heavy atom. The molecule has 152 valence electrons. The van der Waals surface area contributed by atoms with Gasteiger partial charge in [0.2, 0.25) is 10.0 Å². The molecule has 1 aliphatic rings. The summed E-state index contributed by atoms with van der Waals surface area (Å²) in [5.41, 5.74) is 2.64. The van der Waals surface area contributed by atoms with Crippen molar-refractivity contribution in [2.45, 2.75) is 24.7 Å². The molecule has 0 unspecified atom stereocenters. The molecule has 1 saturated heterocycles. The first-order valence-corrected chi connectivity index (χ1v) is 11.9. The Bertz CT molecular complexity index is 1060. The Morgan fingerprint density at radius 2 is 1.76 bits per heavy atom. The van der Waals surface area contributed by atoms with E-state index in [1.165, 1.54) is 11.3 Å². The number of hydrogen-bond donors (Lipinski definition) is 1. The van der Waals surface area contributed by atoms with Gasteiger partial charge in [0.15, 0.2) is 5.13 Å². The Balaban J connectivity index is 1.46. The van der Waals surface area contributed by atoms with Gasteiger partial charge in [0.1, 0.15) is 5.75 Å². The van der Waals surface area contributed by atoms with Crippen molar-refractivity contribution in [1.82, 2.24) is 9.29 Å². The van der Waals surface area contributed by atoms with Gasteiger partial charge in [-0.05, 0) is 56.2 Å². The molecule has 0 amide bonds. The SMILES string of the molecule is CCOc1ccc(Nc2nc(-c3ccc(S(=O)(=O)N4CCCC4)cc3)cs2)cc1. The molecule has 0 radical (unpaired) electrons. The minimum atomic E-state index is -3.39. The lowest BCUT2D eigenvalue weighted by Gasteiger charge is -2.15. The highest BCUT2D eigenvalue weighted by molar-refractivity contribution is 7.89. The van der Waals surface area contributed by atoms with Gasteiger partial charge < -0.3 is 10.1 Å². The van der Waals surface area contributed by atoms with Crippen LogP contribution in [0, 0.1) is 0 Å². The van der Waals surface area contributed by atoms with Crippen molar-refractivity contribution >= 4 is 32.2 Å². The predicted octanol–water partition coefficient (Wildman–Crippen LogP) is 4.74. The molecule has 0 saturated carbocycles. The maximum absolute atomic E-state index is 12.6. The zero-order valence-electron chi connectivity index (χ0n) is 16.2. The summed E-state index contributed by atoms with van der Waals surface area (Å²) < 4.78 is 32.3. The van der Waals surface area contributed by atoms with Crippen LogP contribution in [0.15, 0.2) is 58.8 Å². The van der Waals surface area contributed by atoms with Crippen LogP contribution in [0.4, 0.5) is 10.8 Å². The second-order valence-electron chi connectivity index (χ2n) is 6.76. The number of hydrogen-bond acceptors (Lipinski definition) is 6. The van der Waals surface area contributed by atoms with Crippen molar-refractivity contribution in [2.24, 2.45) is 0 Å². The fraction of sp³-hybridized carbons (Fsp3) is 0.286. The lowest BCUT2D eigenvalue weighted by Crippen LogP contribution is -2.27. The maximum Gasteiger partial charge on any atom is 0.243 e. The monoisotopic (exact) mass is 429 g/mol. The van der Waals surface area contributed by atoms with Crippen LogP contribution >= 0.6 is 11.3 Å². The van der Waals surface area contributed by atoms with Crippen molar-refractivity contribution in [3.63, 3.8) is 0 Å². The first-order valence-electron chi connectivity index (χ1n) is 9.62. The highest BCUT2D eigenvalue weighted by Crippen LogP contribution is 2.29. The average molecular weight is 430 g/mol. The molecule has 3 aromatic rings. The molecule has 1 N–H and O–H groups in total. The summed E-state index contributed by atoms with van der Waals surface area (Å²) in [5.74, 6) is 0.835. The second kappa shape index (κ2) is 8.52. The number of rotatable bonds is 7. The van der Waals surface area contributed by atoms with Gasteiger partial charge in [0.05, 0.1) is 17.2 Å². The molecule has 1 aliphatic heterocycles. The number of nitrogens with zero attached hydrogens (tertiary/aromatic N) is 2. The zero-order valence-corrected chi connectivity index (χ0v) is 17.8. The van der Waals surface area contributed by atoms with Crippen LogP contribution in [0.1, 0.15) is 19.8 Å². The normalized spacial score (nSPS) is 14.8. The summed E-state index contributed by atoms with van der Waals surface area (Å²) >= 11 is 1.50. The third-order valence-corrected chi connectivity index (χ3v) is 7.44. The van der Waals surface area contributed by atoms with Gasteiger partial charge in [-0.25, -0.2) is 13.4 Å². The number of nitrogens with one attached hydrogen (secondary N) is 1. The first-order chi connectivity index (χ1) is 14.1. The van der Waals surface area contributed by atoms with E-state index < -0.39 is 10.0 Å². The van der Waals surface area contributed by atoms with Crippen molar-refractivity contribution in [3.05, 3.63) is 53.9 Å². The molecule has 6 nitrogen and oxygen atoms in total. The lowest BCUT2D eigenvalue weighted by molar-refractivity contribution is 0.340. The fourth-order valence-corrected chi connectivity index (χ4v) is 5.52. The molecule has 2 heterocycles. The second-order valence-corrected chi connectivity index (χ2v) is 9.55. The molecular formula is C21H23N3O3S2. The van der Waals surface area contributed by atoms with Gasteiger partial charge in [-0.3, -0.25) is 0 Å². The Kier molecular flexibility index (Phi) is 5.84. The van der Waals surface area contributed by atoms with E-state index in [9.17, 15) is 8.42 Å². The maximum atomic E-state index is 12.6. The van der Waals surface area contributed by atoms with Crippen LogP contribution < -0.4 is 10.1 Å². The number of benzene rings is 2. The van der Waals surface area contributed by atoms with E-state index in [1.807, 2.05) is 48.7 Å². The molecule has 2 aromatic carbocycles. The van der Waals surface area contributed by atoms with Gasteiger partial charge in [-0.1, -0.05) is 12.1 Å². The molecule has 0 spiro atoms.